The van der Waals surface area contributed by atoms with Crippen LogP contribution in [0.2, 0.25) is 0 Å². The van der Waals surface area contributed by atoms with Crippen LogP contribution < -0.4 is 11.1 Å². The van der Waals surface area contributed by atoms with Crippen molar-refractivity contribution in [3.63, 3.8) is 0 Å². The Labute approximate surface area is 132 Å². The van der Waals surface area contributed by atoms with Crippen molar-refractivity contribution in [2.45, 2.75) is 39.0 Å². The summed E-state index contributed by atoms with van der Waals surface area (Å²) >= 11 is 2.89. The van der Waals surface area contributed by atoms with Crippen molar-refractivity contribution in [1.82, 2.24) is 0 Å². The molecule has 0 saturated carbocycles. The zero-order valence-electron chi connectivity index (χ0n) is 12.1. The number of benzene rings is 1. The molecule has 3 nitrogen and oxygen atoms in total. The number of hydrogen-bond donors (Lipinski definition) is 2. The number of halogens is 3. The lowest BCUT2D eigenvalue weighted by molar-refractivity contribution is -0.116. The third-order valence-electron chi connectivity index (χ3n) is 3.34. The van der Waals surface area contributed by atoms with Crippen LogP contribution in [0.25, 0.3) is 0 Å². The van der Waals surface area contributed by atoms with Crippen LogP contribution in [0.4, 0.5) is 14.5 Å². The molecule has 1 amide bonds. The van der Waals surface area contributed by atoms with Crippen molar-refractivity contribution < 1.29 is 13.6 Å². The fourth-order valence-corrected chi connectivity index (χ4v) is 2.56. The van der Waals surface area contributed by atoms with E-state index in [0.29, 0.717) is 18.9 Å². The minimum Gasteiger partial charge on any atom is -0.330 e. The van der Waals surface area contributed by atoms with E-state index < -0.39 is 11.6 Å². The largest absolute Gasteiger partial charge is 0.330 e. The monoisotopic (exact) mass is 362 g/mol. The molecular weight excluding hydrogens is 342 g/mol. The van der Waals surface area contributed by atoms with Crippen molar-refractivity contribution in [3.05, 3.63) is 28.2 Å². The average molecular weight is 363 g/mol. The number of hydrogen-bond acceptors (Lipinski definition) is 2. The van der Waals surface area contributed by atoms with Crippen molar-refractivity contribution in [2.24, 2.45) is 11.7 Å². The highest BCUT2D eigenvalue weighted by Gasteiger charge is 2.13. The minimum absolute atomic E-state index is 0.0314. The summed E-state index contributed by atoms with van der Waals surface area (Å²) in [6.07, 6.45) is 3.92. The average Bonchev–Trinajstić information content (AvgIpc) is 2.42. The Kier molecular flexibility index (Phi) is 7.82. The van der Waals surface area contributed by atoms with Crippen molar-refractivity contribution in [1.29, 1.82) is 0 Å². The topological polar surface area (TPSA) is 55.1 Å². The van der Waals surface area contributed by atoms with E-state index in [2.05, 4.69) is 28.2 Å². The van der Waals surface area contributed by atoms with E-state index in [9.17, 15) is 13.6 Å². The second kappa shape index (κ2) is 9.10. The Morgan fingerprint density at radius 1 is 1.29 bits per heavy atom. The standard InChI is InChI=1S/C15H21BrF2N2O/c1-2-3-10(6-7-19)4-5-15(21)20-14-9-12(17)11(16)8-13(14)18/h8-10H,2-7,19H2,1H3,(H,20,21). The lowest BCUT2D eigenvalue weighted by Crippen LogP contribution is -2.16. The van der Waals surface area contributed by atoms with Gasteiger partial charge in [0.25, 0.3) is 0 Å². The second-order valence-corrected chi connectivity index (χ2v) is 5.92. The summed E-state index contributed by atoms with van der Waals surface area (Å²) in [7, 11) is 0. The molecule has 0 bridgehead atoms. The van der Waals surface area contributed by atoms with Gasteiger partial charge in [0.2, 0.25) is 5.91 Å². The third kappa shape index (κ3) is 6.09. The molecular formula is C15H21BrF2N2O. The number of nitrogens with two attached hydrogens (primary N) is 1. The molecule has 0 aliphatic heterocycles. The summed E-state index contributed by atoms with van der Waals surface area (Å²) < 4.78 is 27.0. The molecule has 0 aromatic heterocycles. The lowest BCUT2D eigenvalue weighted by atomic mass is 9.94. The van der Waals surface area contributed by atoms with Gasteiger partial charge in [-0.1, -0.05) is 19.8 Å². The van der Waals surface area contributed by atoms with E-state index in [1.54, 1.807) is 0 Å². The molecule has 0 aliphatic carbocycles. The molecule has 3 N–H and O–H groups in total. The van der Waals surface area contributed by atoms with Crippen LogP contribution in [0.15, 0.2) is 16.6 Å². The van der Waals surface area contributed by atoms with Gasteiger partial charge in [-0.3, -0.25) is 4.79 Å². The molecule has 0 saturated heterocycles. The molecule has 0 heterocycles. The van der Waals surface area contributed by atoms with Crippen molar-refractivity contribution in [3.8, 4) is 0 Å². The summed E-state index contributed by atoms with van der Waals surface area (Å²) in [4.78, 5) is 11.8. The van der Waals surface area contributed by atoms with E-state index >= 15 is 0 Å². The molecule has 0 fully saturated rings. The first-order valence-corrected chi connectivity index (χ1v) is 7.91. The number of amides is 1. The number of carbonyl (C=O) groups excluding carboxylic acids is 1. The van der Waals surface area contributed by atoms with Crippen molar-refractivity contribution in [2.75, 3.05) is 11.9 Å². The lowest BCUT2D eigenvalue weighted by Gasteiger charge is -2.15. The molecule has 1 aromatic rings. The Hall–Kier alpha value is -1.01. The summed E-state index contributed by atoms with van der Waals surface area (Å²) in [5, 5.41) is 2.41. The number of rotatable bonds is 8. The van der Waals surface area contributed by atoms with Gasteiger partial charge in [0.15, 0.2) is 0 Å². The van der Waals surface area contributed by atoms with Gasteiger partial charge in [-0.05, 0) is 47.3 Å². The minimum atomic E-state index is -0.663. The zero-order chi connectivity index (χ0) is 15.8. The summed E-state index contributed by atoms with van der Waals surface area (Å²) in [5.41, 5.74) is 5.41. The van der Waals surface area contributed by atoms with Crippen LogP contribution in [-0.2, 0) is 4.79 Å². The molecule has 1 atom stereocenters. The predicted molar refractivity (Wildman–Crippen MR) is 84.0 cm³/mol. The van der Waals surface area contributed by atoms with Gasteiger partial charge >= 0.3 is 0 Å². The van der Waals surface area contributed by atoms with E-state index in [-0.39, 0.29) is 22.5 Å². The van der Waals surface area contributed by atoms with Gasteiger partial charge in [-0.25, -0.2) is 8.78 Å². The fourth-order valence-electron chi connectivity index (χ4n) is 2.24. The highest BCUT2D eigenvalue weighted by Crippen LogP contribution is 2.24. The molecule has 118 valence electrons. The molecule has 0 aliphatic rings. The Morgan fingerprint density at radius 2 is 2.00 bits per heavy atom. The van der Waals surface area contributed by atoms with Gasteiger partial charge < -0.3 is 11.1 Å². The van der Waals surface area contributed by atoms with Crippen LogP contribution in [0.1, 0.15) is 39.0 Å². The maximum atomic E-state index is 13.6. The van der Waals surface area contributed by atoms with E-state index in [4.69, 9.17) is 5.73 Å². The van der Waals surface area contributed by atoms with E-state index in [1.165, 1.54) is 0 Å². The first-order chi connectivity index (χ1) is 9.97. The summed E-state index contributed by atoms with van der Waals surface area (Å²) in [5.74, 6) is -1.19. The van der Waals surface area contributed by atoms with Crippen molar-refractivity contribution >= 4 is 27.5 Å². The van der Waals surface area contributed by atoms with Crippen LogP contribution in [0.3, 0.4) is 0 Å². The zero-order valence-corrected chi connectivity index (χ0v) is 13.7. The van der Waals surface area contributed by atoms with Crippen LogP contribution in [-0.4, -0.2) is 12.5 Å². The molecule has 0 spiro atoms. The Morgan fingerprint density at radius 3 is 2.62 bits per heavy atom. The number of anilines is 1. The summed E-state index contributed by atoms with van der Waals surface area (Å²) in [6, 6.07) is 1.97. The fraction of sp³-hybridized carbons (Fsp3) is 0.533. The molecule has 21 heavy (non-hydrogen) atoms. The van der Waals surface area contributed by atoms with Gasteiger partial charge in [-0.15, -0.1) is 0 Å². The van der Waals surface area contributed by atoms with Crippen LogP contribution in [0, 0.1) is 17.6 Å². The highest BCUT2D eigenvalue weighted by atomic mass is 79.9. The van der Waals surface area contributed by atoms with E-state index in [0.717, 1.165) is 31.4 Å². The van der Waals surface area contributed by atoms with Gasteiger partial charge in [0.1, 0.15) is 11.6 Å². The molecule has 1 unspecified atom stereocenters. The maximum Gasteiger partial charge on any atom is 0.224 e. The second-order valence-electron chi connectivity index (χ2n) is 5.07. The Bertz CT molecular complexity index is 477. The van der Waals surface area contributed by atoms with E-state index in [1.807, 2.05) is 0 Å². The van der Waals surface area contributed by atoms with Crippen LogP contribution in [0.5, 0.6) is 0 Å². The molecule has 6 heteroatoms. The first-order valence-electron chi connectivity index (χ1n) is 7.12. The number of nitrogens with one attached hydrogen (secondary N) is 1. The SMILES string of the molecule is CCCC(CCN)CCC(=O)Nc1cc(F)c(Br)cc1F. The molecule has 0 radical (unpaired) electrons. The van der Waals surface area contributed by atoms with Gasteiger partial charge in [-0.2, -0.15) is 0 Å². The first kappa shape index (κ1) is 18.0. The number of carbonyl (C=O) groups is 1. The van der Waals surface area contributed by atoms with Gasteiger partial charge in [0, 0.05) is 12.5 Å². The predicted octanol–water partition coefficient (Wildman–Crippen LogP) is 4.21. The normalized spacial score (nSPS) is 12.2. The Balaban J connectivity index is 2.55. The van der Waals surface area contributed by atoms with Gasteiger partial charge in [0.05, 0.1) is 10.2 Å². The molecule has 1 rings (SSSR count). The quantitative estimate of drug-likeness (QED) is 0.680. The smallest absolute Gasteiger partial charge is 0.224 e. The van der Waals surface area contributed by atoms with Crippen LogP contribution >= 0.6 is 15.9 Å². The molecule has 1 aromatic carbocycles. The third-order valence-corrected chi connectivity index (χ3v) is 3.94. The maximum absolute atomic E-state index is 13.6. The highest BCUT2D eigenvalue weighted by molar-refractivity contribution is 9.10. The summed E-state index contributed by atoms with van der Waals surface area (Å²) in [6.45, 7) is 2.68.